The van der Waals surface area contributed by atoms with E-state index in [4.69, 9.17) is 4.74 Å². The smallest absolute Gasteiger partial charge is 0.140 e. The molecule has 2 nitrogen and oxygen atoms in total. The predicted molar refractivity (Wildman–Crippen MR) is 42.4 cm³/mol. The van der Waals surface area contributed by atoms with E-state index in [1.165, 1.54) is 0 Å². The van der Waals surface area contributed by atoms with E-state index in [0.717, 1.165) is 6.54 Å². The Morgan fingerprint density at radius 2 is 2.09 bits per heavy atom. The van der Waals surface area contributed by atoms with Gasteiger partial charge in [-0.25, -0.2) is 4.39 Å². The molecule has 1 aliphatic heterocycles. The lowest BCUT2D eigenvalue weighted by Gasteiger charge is -2.18. The molecule has 0 radical (unpaired) electrons. The lowest BCUT2D eigenvalue weighted by Crippen LogP contribution is -2.29. The van der Waals surface area contributed by atoms with Gasteiger partial charge in [0.15, 0.2) is 0 Å². The summed E-state index contributed by atoms with van der Waals surface area (Å²) in [4.78, 5) is 2.10. The minimum Gasteiger partial charge on any atom is -0.377 e. The molecule has 0 N–H and O–H groups in total. The lowest BCUT2D eigenvalue weighted by atomic mass is 10.3. The minimum absolute atomic E-state index is 0.211. The van der Waals surface area contributed by atoms with Gasteiger partial charge in [-0.3, -0.25) is 4.90 Å². The molecule has 0 saturated carbocycles. The van der Waals surface area contributed by atoms with E-state index in [2.05, 4.69) is 18.7 Å². The first-order valence-electron chi connectivity index (χ1n) is 4.06. The normalized spacial score (nSPS) is 33.5. The maximum Gasteiger partial charge on any atom is 0.140 e. The SMILES string of the molecule is CO[C@@H]1CN(C(C)C)C[C@H]1F. The van der Waals surface area contributed by atoms with Crippen molar-refractivity contribution >= 4 is 0 Å². The summed E-state index contributed by atoms with van der Waals surface area (Å²) in [6.07, 6.45) is -1.01. The number of hydrogen-bond acceptors (Lipinski definition) is 2. The van der Waals surface area contributed by atoms with Crippen molar-refractivity contribution < 1.29 is 9.13 Å². The van der Waals surface area contributed by atoms with Crippen LogP contribution < -0.4 is 0 Å². The van der Waals surface area contributed by atoms with Crippen LogP contribution in [0.15, 0.2) is 0 Å². The Balaban J connectivity index is 2.43. The van der Waals surface area contributed by atoms with Crippen molar-refractivity contribution in [3.05, 3.63) is 0 Å². The minimum atomic E-state index is -0.803. The summed E-state index contributed by atoms with van der Waals surface area (Å²) in [6.45, 7) is 5.40. The van der Waals surface area contributed by atoms with Crippen molar-refractivity contribution in [3.8, 4) is 0 Å². The highest BCUT2D eigenvalue weighted by Crippen LogP contribution is 2.17. The number of ether oxygens (including phenoxy) is 1. The number of methoxy groups -OCH3 is 1. The highest BCUT2D eigenvalue weighted by Gasteiger charge is 2.33. The van der Waals surface area contributed by atoms with E-state index < -0.39 is 6.17 Å². The maximum atomic E-state index is 13.0. The molecule has 0 aromatic rings. The molecule has 0 unspecified atom stereocenters. The van der Waals surface area contributed by atoms with E-state index in [-0.39, 0.29) is 6.10 Å². The number of likely N-dealkylation sites (tertiary alicyclic amines) is 1. The van der Waals surface area contributed by atoms with Crippen LogP contribution in [0.5, 0.6) is 0 Å². The van der Waals surface area contributed by atoms with Crippen LogP contribution in [0.1, 0.15) is 13.8 Å². The van der Waals surface area contributed by atoms with Gasteiger partial charge in [0.1, 0.15) is 12.3 Å². The van der Waals surface area contributed by atoms with Gasteiger partial charge in [0.25, 0.3) is 0 Å². The average molecular weight is 161 g/mol. The van der Waals surface area contributed by atoms with Crippen LogP contribution in [-0.2, 0) is 4.74 Å². The maximum absolute atomic E-state index is 13.0. The first-order valence-corrected chi connectivity index (χ1v) is 4.06. The topological polar surface area (TPSA) is 12.5 Å². The zero-order valence-corrected chi connectivity index (χ0v) is 7.38. The van der Waals surface area contributed by atoms with Crippen LogP contribution in [0.25, 0.3) is 0 Å². The number of rotatable bonds is 2. The van der Waals surface area contributed by atoms with Crippen LogP contribution in [0.2, 0.25) is 0 Å². The standard InChI is InChI=1S/C8H16FNO/c1-6(2)10-4-7(9)8(5-10)11-3/h6-8H,4-5H2,1-3H3/t7-,8-/m1/s1. The third-order valence-corrected chi connectivity index (χ3v) is 2.26. The molecule has 0 amide bonds. The fraction of sp³-hybridized carbons (Fsp3) is 1.00. The van der Waals surface area contributed by atoms with Gasteiger partial charge in [-0.2, -0.15) is 0 Å². The van der Waals surface area contributed by atoms with Gasteiger partial charge in [-0.15, -0.1) is 0 Å². The number of alkyl halides is 1. The molecule has 1 heterocycles. The molecule has 66 valence electrons. The van der Waals surface area contributed by atoms with Crippen LogP contribution in [-0.4, -0.2) is 43.4 Å². The van der Waals surface area contributed by atoms with Crippen molar-refractivity contribution in [3.63, 3.8) is 0 Å². The Kier molecular flexibility index (Phi) is 2.84. The average Bonchev–Trinajstić information content (AvgIpc) is 2.31. The van der Waals surface area contributed by atoms with Gasteiger partial charge in [0.2, 0.25) is 0 Å². The quantitative estimate of drug-likeness (QED) is 0.600. The molecule has 3 heteroatoms. The Morgan fingerprint density at radius 3 is 2.36 bits per heavy atom. The zero-order valence-electron chi connectivity index (χ0n) is 7.38. The summed E-state index contributed by atoms with van der Waals surface area (Å²) >= 11 is 0. The molecule has 0 aromatic heterocycles. The molecular weight excluding hydrogens is 145 g/mol. The second-order valence-electron chi connectivity index (χ2n) is 3.34. The highest BCUT2D eigenvalue weighted by atomic mass is 19.1. The molecular formula is C8H16FNO. The fourth-order valence-corrected chi connectivity index (χ4v) is 1.41. The second-order valence-corrected chi connectivity index (χ2v) is 3.34. The Labute approximate surface area is 67.3 Å². The van der Waals surface area contributed by atoms with Crippen molar-refractivity contribution in [2.24, 2.45) is 0 Å². The Morgan fingerprint density at radius 1 is 1.45 bits per heavy atom. The monoisotopic (exact) mass is 161 g/mol. The molecule has 2 atom stereocenters. The molecule has 0 spiro atoms. The van der Waals surface area contributed by atoms with Gasteiger partial charge in [0.05, 0.1) is 0 Å². The molecule has 1 fully saturated rings. The number of nitrogens with zero attached hydrogens (tertiary/aromatic N) is 1. The van der Waals surface area contributed by atoms with Gasteiger partial charge in [0, 0.05) is 26.2 Å². The molecule has 1 saturated heterocycles. The van der Waals surface area contributed by atoms with Crippen molar-refractivity contribution in [1.29, 1.82) is 0 Å². The molecule has 0 aromatic carbocycles. The fourth-order valence-electron chi connectivity index (χ4n) is 1.41. The van der Waals surface area contributed by atoms with E-state index in [9.17, 15) is 4.39 Å². The van der Waals surface area contributed by atoms with Gasteiger partial charge >= 0.3 is 0 Å². The third-order valence-electron chi connectivity index (χ3n) is 2.26. The van der Waals surface area contributed by atoms with Gasteiger partial charge in [-0.1, -0.05) is 0 Å². The third kappa shape index (κ3) is 1.91. The van der Waals surface area contributed by atoms with Crippen LogP contribution in [0.4, 0.5) is 4.39 Å². The molecule has 0 bridgehead atoms. The first kappa shape index (κ1) is 8.94. The van der Waals surface area contributed by atoms with Crippen molar-refractivity contribution in [2.45, 2.75) is 32.2 Å². The lowest BCUT2D eigenvalue weighted by molar-refractivity contribution is 0.0615. The number of hydrogen-bond donors (Lipinski definition) is 0. The van der Waals surface area contributed by atoms with Gasteiger partial charge < -0.3 is 4.74 Å². The van der Waals surface area contributed by atoms with Crippen LogP contribution in [0.3, 0.4) is 0 Å². The summed E-state index contributed by atoms with van der Waals surface area (Å²) in [5.74, 6) is 0. The first-order chi connectivity index (χ1) is 5.15. The molecule has 11 heavy (non-hydrogen) atoms. The largest absolute Gasteiger partial charge is 0.377 e. The Bertz CT molecular complexity index is 129. The van der Waals surface area contributed by atoms with Crippen molar-refractivity contribution in [1.82, 2.24) is 4.90 Å². The summed E-state index contributed by atoms with van der Waals surface area (Å²) < 4.78 is 18.0. The van der Waals surface area contributed by atoms with E-state index in [0.29, 0.717) is 12.6 Å². The van der Waals surface area contributed by atoms with E-state index in [1.807, 2.05) is 0 Å². The van der Waals surface area contributed by atoms with E-state index >= 15 is 0 Å². The summed E-state index contributed by atoms with van der Waals surface area (Å²) in [6, 6.07) is 0.424. The summed E-state index contributed by atoms with van der Waals surface area (Å²) in [7, 11) is 1.57. The zero-order chi connectivity index (χ0) is 8.43. The summed E-state index contributed by atoms with van der Waals surface area (Å²) in [5.41, 5.74) is 0. The van der Waals surface area contributed by atoms with Gasteiger partial charge in [-0.05, 0) is 13.8 Å². The van der Waals surface area contributed by atoms with E-state index in [1.54, 1.807) is 7.11 Å². The van der Waals surface area contributed by atoms with Crippen LogP contribution >= 0.6 is 0 Å². The molecule has 1 aliphatic rings. The van der Waals surface area contributed by atoms with Crippen LogP contribution in [0, 0.1) is 0 Å². The van der Waals surface area contributed by atoms with Crippen molar-refractivity contribution in [2.75, 3.05) is 20.2 Å². The summed E-state index contributed by atoms with van der Waals surface area (Å²) in [5, 5.41) is 0. The molecule has 0 aliphatic carbocycles. The number of halogens is 1. The second kappa shape index (κ2) is 3.50. The Hall–Kier alpha value is -0.150. The predicted octanol–water partition coefficient (Wildman–Crippen LogP) is 1.06. The molecule has 1 rings (SSSR count). The highest BCUT2D eigenvalue weighted by molar-refractivity contribution is 4.86.